The molecule has 0 aliphatic carbocycles. The number of furan rings is 1. The number of hydrogen-bond donors (Lipinski definition) is 1. The average Bonchev–Trinajstić information content (AvgIpc) is 2.93. The van der Waals surface area contributed by atoms with Crippen molar-refractivity contribution in [3.63, 3.8) is 0 Å². The van der Waals surface area contributed by atoms with Crippen molar-refractivity contribution in [3.8, 4) is 0 Å². The molecule has 2 aromatic carbocycles. The fourth-order valence-corrected chi connectivity index (χ4v) is 2.41. The van der Waals surface area contributed by atoms with Gasteiger partial charge in [-0.3, -0.25) is 9.59 Å². The molecule has 0 saturated carbocycles. The molecule has 0 saturated heterocycles. The highest BCUT2D eigenvalue weighted by molar-refractivity contribution is 14.1. The van der Waals surface area contributed by atoms with Gasteiger partial charge < -0.3 is 9.73 Å². The van der Waals surface area contributed by atoms with Crippen LogP contribution < -0.4 is 5.32 Å². The molecule has 22 heavy (non-hydrogen) atoms. The zero-order valence-corrected chi connectivity index (χ0v) is 13.7. The van der Waals surface area contributed by atoms with Gasteiger partial charge in [0, 0.05) is 10.9 Å². The first-order valence-corrected chi connectivity index (χ1v) is 8.20. The Hall–Kier alpha value is -2.15. The molecule has 4 nitrogen and oxygen atoms in total. The van der Waals surface area contributed by atoms with Crippen LogP contribution in [0.15, 0.2) is 59.0 Å². The van der Waals surface area contributed by atoms with Gasteiger partial charge in [-0.25, -0.2) is 0 Å². The molecule has 3 rings (SSSR count). The van der Waals surface area contributed by atoms with Crippen molar-refractivity contribution in [1.82, 2.24) is 0 Å². The average molecular weight is 405 g/mol. The molecule has 0 unspecified atom stereocenters. The molecule has 0 radical (unpaired) electrons. The first kappa shape index (κ1) is 14.8. The van der Waals surface area contributed by atoms with Crippen LogP contribution in [0.1, 0.15) is 16.1 Å². The predicted octanol–water partition coefficient (Wildman–Crippen LogP) is 4.04. The maximum absolute atomic E-state index is 12.7. The van der Waals surface area contributed by atoms with E-state index in [1.165, 1.54) is 0 Å². The fourth-order valence-electron chi connectivity index (χ4n) is 2.22. The van der Waals surface area contributed by atoms with E-state index in [0.29, 0.717) is 21.3 Å². The van der Waals surface area contributed by atoms with E-state index < -0.39 is 0 Å². The summed E-state index contributed by atoms with van der Waals surface area (Å²) in [6, 6.07) is 16.1. The monoisotopic (exact) mass is 405 g/mol. The first-order chi connectivity index (χ1) is 10.7. The summed E-state index contributed by atoms with van der Waals surface area (Å²) in [5, 5.41) is 3.50. The number of fused-ring (bicyclic) bond motifs is 1. The largest absolute Gasteiger partial charge is 0.450 e. The molecule has 0 bridgehead atoms. The van der Waals surface area contributed by atoms with Crippen LogP contribution in [-0.4, -0.2) is 16.1 Å². The van der Waals surface area contributed by atoms with Crippen molar-refractivity contribution < 1.29 is 14.0 Å². The van der Waals surface area contributed by atoms with Gasteiger partial charge in [-0.05, 0) is 12.1 Å². The molecule has 3 aromatic rings. The summed E-state index contributed by atoms with van der Waals surface area (Å²) < 4.78 is 6.00. The predicted molar refractivity (Wildman–Crippen MR) is 93.6 cm³/mol. The van der Waals surface area contributed by atoms with E-state index in [0.717, 1.165) is 5.39 Å². The number of para-hydroxylation sites is 1. The Labute approximate surface area is 140 Å². The molecule has 0 fully saturated rings. The van der Waals surface area contributed by atoms with Crippen LogP contribution in [0, 0.1) is 0 Å². The van der Waals surface area contributed by atoms with Crippen molar-refractivity contribution in [3.05, 3.63) is 65.9 Å². The Kier molecular flexibility index (Phi) is 4.24. The van der Waals surface area contributed by atoms with Gasteiger partial charge in [-0.2, -0.15) is 0 Å². The van der Waals surface area contributed by atoms with Crippen LogP contribution in [0.4, 0.5) is 5.69 Å². The van der Waals surface area contributed by atoms with Gasteiger partial charge in [0.15, 0.2) is 5.76 Å². The summed E-state index contributed by atoms with van der Waals surface area (Å²) in [6.07, 6.45) is 0. The Morgan fingerprint density at radius 3 is 2.41 bits per heavy atom. The summed E-state index contributed by atoms with van der Waals surface area (Å²) in [4.78, 5) is 24.4. The SMILES string of the molecule is O=C(CI)Nc1c(C(=O)c2ccccc2)oc2ccccc12. The summed E-state index contributed by atoms with van der Waals surface area (Å²) in [6.45, 7) is 0. The van der Waals surface area contributed by atoms with Crippen LogP contribution >= 0.6 is 22.6 Å². The van der Waals surface area contributed by atoms with Gasteiger partial charge in [-0.15, -0.1) is 0 Å². The van der Waals surface area contributed by atoms with Crippen LogP contribution in [0.3, 0.4) is 0 Å². The lowest BCUT2D eigenvalue weighted by Gasteiger charge is -2.04. The molecule has 0 aliphatic heterocycles. The Bertz CT molecular complexity index is 839. The molecule has 5 heteroatoms. The molecule has 110 valence electrons. The topological polar surface area (TPSA) is 59.3 Å². The van der Waals surface area contributed by atoms with Crippen molar-refractivity contribution in [2.24, 2.45) is 0 Å². The second kappa shape index (κ2) is 6.31. The molecule has 1 N–H and O–H groups in total. The number of amides is 1. The van der Waals surface area contributed by atoms with Crippen LogP contribution in [0.2, 0.25) is 0 Å². The third-order valence-corrected chi connectivity index (χ3v) is 3.92. The number of carbonyl (C=O) groups excluding carboxylic acids is 2. The van der Waals surface area contributed by atoms with Crippen molar-refractivity contribution in [1.29, 1.82) is 0 Å². The Morgan fingerprint density at radius 1 is 1.00 bits per heavy atom. The maximum Gasteiger partial charge on any atom is 0.234 e. The molecule has 1 aromatic heterocycles. The minimum Gasteiger partial charge on any atom is -0.450 e. The van der Waals surface area contributed by atoms with Gasteiger partial charge in [0.25, 0.3) is 0 Å². The van der Waals surface area contributed by atoms with E-state index in [4.69, 9.17) is 4.42 Å². The van der Waals surface area contributed by atoms with E-state index >= 15 is 0 Å². The van der Waals surface area contributed by atoms with Crippen LogP contribution in [-0.2, 0) is 4.79 Å². The third kappa shape index (κ3) is 2.76. The highest BCUT2D eigenvalue weighted by atomic mass is 127. The number of benzene rings is 2. The summed E-state index contributed by atoms with van der Waals surface area (Å²) >= 11 is 1.98. The van der Waals surface area contributed by atoms with Gasteiger partial charge >= 0.3 is 0 Å². The zero-order chi connectivity index (χ0) is 15.5. The molecule has 0 atom stereocenters. The number of anilines is 1. The quantitative estimate of drug-likeness (QED) is 0.405. The number of carbonyl (C=O) groups is 2. The zero-order valence-electron chi connectivity index (χ0n) is 11.5. The number of hydrogen-bond acceptors (Lipinski definition) is 3. The van der Waals surface area contributed by atoms with Crippen LogP contribution in [0.25, 0.3) is 11.0 Å². The van der Waals surface area contributed by atoms with Gasteiger partial charge in [0.1, 0.15) is 5.58 Å². The normalized spacial score (nSPS) is 10.6. The third-order valence-electron chi connectivity index (χ3n) is 3.22. The number of rotatable bonds is 4. The lowest BCUT2D eigenvalue weighted by atomic mass is 10.1. The first-order valence-electron chi connectivity index (χ1n) is 6.68. The van der Waals surface area contributed by atoms with E-state index in [-0.39, 0.29) is 17.5 Å². The molecule has 1 heterocycles. The molecular weight excluding hydrogens is 393 g/mol. The van der Waals surface area contributed by atoms with E-state index in [2.05, 4.69) is 5.32 Å². The molecule has 0 aliphatic rings. The lowest BCUT2D eigenvalue weighted by Crippen LogP contribution is -2.14. The number of ketones is 1. The van der Waals surface area contributed by atoms with Gasteiger partial charge in [0.05, 0.1) is 10.1 Å². The van der Waals surface area contributed by atoms with Gasteiger partial charge in [-0.1, -0.05) is 65.1 Å². The second-order valence-electron chi connectivity index (χ2n) is 4.68. The van der Waals surface area contributed by atoms with E-state index in [9.17, 15) is 9.59 Å². The number of nitrogens with one attached hydrogen (secondary N) is 1. The Balaban J connectivity index is 2.14. The van der Waals surface area contributed by atoms with Crippen molar-refractivity contribution in [2.45, 2.75) is 0 Å². The Morgan fingerprint density at radius 2 is 1.68 bits per heavy atom. The number of halogens is 1. The van der Waals surface area contributed by atoms with Crippen LogP contribution in [0.5, 0.6) is 0 Å². The number of alkyl halides is 1. The van der Waals surface area contributed by atoms with E-state index in [1.54, 1.807) is 30.3 Å². The van der Waals surface area contributed by atoms with Gasteiger partial charge in [0.2, 0.25) is 11.7 Å². The minimum absolute atomic E-state index is 0.158. The van der Waals surface area contributed by atoms with Crippen molar-refractivity contribution in [2.75, 3.05) is 9.74 Å². The summed E-state index contributed by atoms with van der Waals surface area (Å²) in [7, 11) is 0. The molecule has 1 amide bonds. The minimum atomic E-state index is -0.249. The highest BCUT2D eigenvalue weighted by Gasteiger charge is 2.22. The fraction of sp³-hybridized carbons (Fsp3) is 0.0588. The van der Waals surface area contributed by atoms with Crippen molar-refractivity contribution >= 4 is 50.9 Å². The standard InChI is InChI=1S/C17H12INO3/c18-10-14(20)19-15-12-8-4-5-9-13(12)22-17(15)16(21)11-6-2-1-3-7-11/h1-9H,10H2,(H,19,20). The van der Waals surface area contributed by atoms with E-state index in [1.807, 2.05) is 46.9 Å². The maximum atomic E-state index is 12.7. The smallest absolute Gasteiger partial charge is 0.234 e. The lowest BCUT2D eigenvalue weighted by molar-refractivity contribution is -0.113. The molecular formula is C17H12INO3. The summed E-state index contributed by atoms with van der Waals surface area (Å²) in [5.41, 5.74) is 1.53. The second-order valence-corrected chi connectivity index (χ2v) is 5.44. The molecule has 0 spiro atoms. The summed E-state index contributed by atoms with van der Waals surface area (Å²) in [5.74, 6) is -0.263. The highest BCUT2D eigenvalue weighted by Crippen LogP contribution is 2.32.